The molecule has 3 unspecified atom stereocenters. The number of hydrogen-bond donors (Lipinski definition) is 2. The second-order valence-electron chi connectivity index (χ2n) is 11.6. The molecule has 1 saturated carbocycles. The first kappa shape index (κ1) is 28.3. The molecule has 5 rings (SSSR count). The molecule has 39 heavy (non-hydrogen) atoms. The Morgan fingerprint density at radius 2 is 1.82 bits per heavy atom. The van der Waals surface area contributed by atoms with Gasteiger partial charge in [-0.2, -0.15) is 0 Å². The van der Waals surface area contributed by atoms with E-state index in [0.29, 0.717) is 12.2 Å². The smallest absolute Gasteiger partial charge is 0.246 e. The quantitative estimate of drug-likeness (QED) is 0.373. The second-order valence-corrected chi connectivity index (χ2v) is 12.5. The number of amides is 3. The summed E-state index contributed by atoms with van der Waals surface area (Å²) in [5.74, 6) is -1.97. The number of ether oxygens (including phenoxy) is 1. The van der Waals surface area contributed by atoms with Crippen LogP contribution in [0.15, 0.2) is 40.9 Å². The van der Waals surface area contributed by atoms with Gasteiger partial charge in [-0.05, 0) is 70.1 Å². The maximum absolute atomic E-state index is 14.1. The Balaban J connectivity index is 1.37. The number of nitrogens with zero attached hydrogens (tertiary/aromatic N) is 2. The van der Waals surface area contributed by atoms with Crippen LogP contribution in [0.4, 0.5) is 5.69 Å². The maximum Gasteiger partial charge on any atom is 0.246 e. The van der Waals surface area contributed by atoms with Crippen molar-refractivity contribution in [1.82, 2.24) is 15.1 Å². The van der Waals surface area contributed by atoms with Crippen molar-refractivity contribution in [2.45, 2.75) is 82.1 Å². The van der Waals surface area contributed by atoms with Crippen LogP contribution in [-0.4, -0.2) is 78.0 Å². The van der Waals surface area contributed by atoms with Crippen molar-refractivity contribution in [2.75, 3.05) is 32.0 Å². The van der Waals surface area contributed by atoms with E-state index in [2.05, 4.69) is 45.4 Å². The molecule has 4 aliphatic rings. The lowest BCUT2D eigenvalue weighted by Gasteiger charge is -2.34. The predicted molar refractivity (Wildman–Crippen MR) is 154 cm³/mol. The van der Waals surface area contributed by atoms with Crippen LogP contribution in [-0.2, 0) is 19.1 Å². The number of likely N-dealkylation sites (tertiary alicyclic amines) is 1. The summed E-state index contributed by atoms with van der Waals surface area (Å²) in [6.45, 7) is 4.48. The lowest BCUT2D eigenvalue weighted by atomic mass is 9.74. The van der Waals surface area contributed by atoms with E-state index in [1.54, 1.807) is 4.90 Å². The molecule has 0 radical (unpaired) electrons. The largest absolute Gasteiger partial charge is 0.359 e. The molecule has 2 saturated heterocycles. The highest BCUT2D eigenvalue weighted by Crippen LogP contribution is 2.55. The molecule has 3 heterocycles. The van der Waals surface area contributed by atoms with Gasteiger partial charge in [-0.15, -0.1) is 0 Å². The van der Waals surface area contributed by atoms with Crippen molar-refractivity contribution in [2.24, 2.45) is 11.8 Å². The van der Waals surface area contributed by atoms with E-state index in [1.807, 2.05) is 36.4 Å². The van der Waals surface area contributed by atoms with Gasteiger partial charge in [0.2, 0.25) is 17.7 Å². The zero-order valence-corrected chi connectivity index (χ0v) is 24.6. The molecule has 3 amide bonds. The first-order valence-electron chi connectivity index (χ1n) is 14.6. The number of anilines is 1. The lowest BCUT2D eigenvalue weighted by molar-refractivity contribution is -0.141. The summed E-state index contributed by atoms with van der Waals surface area (Å²) in [6, 6.07) is 6.71. The Hall–Kier alpha value is -2.23. The standard InChI is InChI=1S/C30H41BrN4O4/c1-3-4-17-34(2)18-8-19-35-26(28(37)33-21-9-6-5-7-10-21)30-16-15-23(39-30)24(25(30)29(35)38)27(36)32-22-13-11-20(31)12-14-22/h11-16,21,23-26H,3-10,17-19H2,1-2H3,(H,32,36)(H,33,37)/t23-,24?,25-,26?,30?/m1/s1. The van der Waals surface area contributed by atoms with Crippen LogP contribution in [0.5, 0.6) is 0 Å². The molecule has 8 nitrogen and oxygen atoms in total. The van der Waals surface area contributed by atoms with Gasteiger partial charge in [-0.25, -0.2) is 0 Å². The Labute approximate surface area is 240 Å². The first-order chi connectivity index (χ1) is 18.8. The molecule has 1 aliphatic carbocycles. The molecule has 212 valence electrons. The zero-order chi connectivity index (χ0) is 27.6. The Kier molecular flexibility index (Phi) is 8.79. The van der Waals surface area contributed by atoms with Crippen LogP contribution in [0.3, 0.4) is 0 Å². The van der Waals surface area contributed by atoms with Crippen LogP contribution < -0.4 is 10.6 Å². The highest BCUT2D eigenvalue weighted by atomic mass is 79.9. The SMILES string of the molecule is CCCCN(C)CCCN1C(=O)[C@H]2C(C(=O)Nc3ccc(Br)cc3)[C@H]3C=CC2(O3)C1C(=O)NC1CCCCC1. The van der Waals surface area contributed by atoms with Gasteiger partial charge in [0.05, 0.1) is 17.9 Å². The summed E-state index contributed by atoms with van der Waals surface area (Å²) >= 11 is 3.42. The van der Waals surface area contributed by atoms with Gasteiger partial charge in [0.1, 0.15) is 11.6 Å². The number of rotatable bonds is 11. The summed E-state index contributed by atoms with van der Waals surface area (Å²) in [5.41, 5.74) is -0.455. The van der Waals surface area contributed by atoms with Gasteiger partial charge in [-0.1, -0.05) is 60.7 Å². The zero-order valence-electron chi connectivity index (χ0n) is 23.0. The molecule has 9 heteroatoms. The average molecular weight is 602 g/mol. The van der Waals surface area contributed by atoms with E-state index in [1.165, 1.54) is 6.42 Å². The molecule has 3 fully saturated rings. The van der Waals surface area contributed by atoms with E-state index in [0.717, 1.165) is 62.5 Å². The second kappa shape index (κ2) is 12.1. The predicted octanol–water partition coefficient (Wildman–Crippen LogP) is 4.11. The monoisotopic (exact) mass is 600 g/mol. The fraction of sp³-hybridized carbons (Fsp3) is 0.633. The van der Waals surface area contributed by atoms with Gasteiger partial charge < -0.3 is 25.2 Å². The third-order valence-electron chi connectivity index (χ3n) is 8.82. The van der Waals surface area contributed by atoms with Crippen LogP contribution >= 0.6 is 15.9 Å². The van der Waals surface area contributed by atoms with E-state index >= 15 is 0 Å². The fourth-order valence-electron chi connectivity index (χ4n) is 6.84. The van der Waals surface area contributed by atoms with Crippen LogP contribution in [0, 0.1) is 11.8 Å². The number of fused-ring (bicyclic) bond motifs is 1. The maximum atomic E-state index is 14.1. The first-order valence-corrected chi connectivity index (χ1v) is 15.4. The molecular weight excluding hydrogens is 560 g/mol. The molecule has 5 atom stereocenters. The number of benzene rings is 1. The van der Waals surface area contributed by atoms with Crippen LogP contribution in [0.1, 0.15) is 58.3 Å². The minimum atomic E-state index is -1.11. The van der Waals surface area contributed by atoms with Crippen molar-refractivity contribution >= 4 is 39.3 Å². The van der Waals surface area contributed by atoms with E-state index < -0.39 is 29.6 Å². The Bertz CT molecular complexity index is 1090. The average Bonchev–Trinajstić information content (AvgIpc) is 3.57. The summed E-state index contributed by atoms with van der Waals surface area (Å²) in [4.78, 5) is 45.5. The molecule has 1 spiro atoms. The number of unbranched alkanes of at least 4 members (excludes halogenated alkanes) is 1. The minimum absolute atomic E-state index is 0.123. The molecule has 1 aromatic rings. The highest BCUT2D eigenvalue weighted by molar-refractivity contribution is 9.10. The summed E-state index contributed by atoms with van der Waals surface area (Å²) in [5, 5.41) is 6.23. The van der Waals surface area contributed by atoms with Crippen molar-refractivity contribution in [3.63, 3.8) is 0 Å². The Morgan fingerprint density at radius 3 is 2.54 bits per heavy atom. The number of carbonyl (C=O) groups excluding carboxylic acids is 3. The fourth-order valence-corrected chi connectivity index (χ4v) is 7.11. The number of carbonyl (C=O) groups is 3. The van der Waals surface area contributed by atoms with Crippen LogP contribution in [0.2, 0.25) is 0 Å². The van der Waals surface area contributed by atoms with Gasteiger partial charge in [-0.3, -0.25) is 14.4 Å². The molecule has 2 bridgehead atoms. The Morgan fingerprint density at radius 1 is 1.10 bits per heavy atom. The van der Waals surface area contributed by atoms with Crippen LogP contribution in [0.25, 0.3) is 0 Å². The van der Waals surface area contributed by atoms with E-state index in [-0.39, 0.29) is 23.8 Å². The summed E-state index contributed by atoms with van der Waals surface area (Å²) in [7, 11) is 2.10. The van der Waals surface area contributed by atoms with Crippen molar-refractivity contribution in [1.29, 1.82) is 0 Å². The third kappa shape index (κ3) is 5.68. The van der Waals surface area contributed by atoms with Crippen molar-refractivity contribution in [3.05, 3.63) is 40.9 Å². The third-order valence-corrected chi connectivity index (χ3v) is 9.35. The summed E-state index contributed by atoms with van der Waals surface area (Å²) in [6.07, 6.45) is 11.6. The van der Waals surface area contributed by atoms with Gasteiger partial charge in [0, 0.05) is 22.7 Å². The van der Waals surface area contributed by atoms with E-state index in [4.69, 9.17) is 4.74 Å². The highest BCUT2D eigenvalue weighted by Gasteiger charge is 2.72. The summed E-state index contributed by atoms with van der Waals surface area (Å²) < 4.78 is 7.38. The van der Waals surface area contributed by atoms with Crippen molar-refractivity contribution in [3.8, 4) is 0 Å². The topological polar surface area (TPSA) is 91.0 Å². The lowest BCUT2D eigenvalue weighted by Crippen LogP contribution is -2.56. The molecule has 1 aromatic carbocycles. The minimum Gasteiger partial charge on any atom is -0.359 e. The molecular formula is C30H41BrN4O4. The van der Waals surface area contributed by atoms with Gasteiger partial charge >= 0.3 is 0 Å². The number of hydrogen-bond acceptors (Lipinski definition) is 5. The molecule has 3 aliphatic heterocycles. The normalized spacial score (nSPS) is 29.7. The molecule has 0 aromatic heterocycles. The van der Waals surface area contributed by atoms with Crippen molar-refractivity contribution < 1.29 is 19.1 Å². The molecule has 2 N–H and O–H groups in total. The van der Waals surface area contributed by atoms with Gasteiger partial charge in [0.25, 0.3) is 0 Å². The number of nitrogens with one attached hydrogen (secondary N) is 2. The van der Waals surface area contributed by atoms with Gasteiger partial charge in [0.15, 0.2) is 0 Å². The number of halogens is 1. The van der Waals surface area contributed by atoms with E-state index in [9.17, 15) is 14.4 Å².